The summed E-state index contributed by atoms with van der Waals surface area (Å²) in [4.78, 5) is 0. The molecule has 1 aromatic rings. The van der Waals surface area contributed by atoms with E-state index >= 15 is 0 Å². The van der Waals surface area contributed by atoms with Gasteiger partial charge in [0.2, 0.25) is 0 Å². The summed E-state index contributed by atoms with van der Waals surface area (Å²) in [5.41, 5.74) is -4.31. The summed E-state index contributed by atoms with van der Waals surface area (Å²) in [6.07, 6.45) is 0.448. The molecule has 0 atom stereocenters. The second-order valence-electron chi connectivity index (χ2n) is 3.46. The SMILES string of the molecule is O=S(=O)(ON1CCc2ccccc21)C(F)(F)F. The van der Waals surface area contributed by atoms with Gasteiger partial charge in [-0.1, -0.05) is 18.2 Å². The van der Waals surface area contributed by atoms with E-state index in [2.05, 4.69) is 4.28 Å². The Morgan fingerprint density at radius 3 is 2.53 bits per heavy atom. The fraction of sp³-hybridized carbons (Fsp3) is 0.333. The first kappa shape index (κ1) is 12.2. The van der Waals surface area contributed by atoms with Gasteiger partial charge < -0.3 is 0 Å². The molecule has 94 valence electrons. The molecule has 0 radical (unpaired) electrons. The zero-order valence-electron chi connectivity index (χ0n) is 8.44. The zero-order chi connectivity index (χ0) is 12.7. The maximum Gasteiger partial charge on any atom is 0.525 e. The molecule has 0 fully saturated rings. The minimum Gasteiger partial charge on any atom is -0.236 e. The van der Waals surface area contributed by atoms with Gasteiger partial charge in [0, 0.05) is 0 Å². The van der Waals surface area contributed by atoms with Gasteiger partial charge in [0.25, 0.3) is 0 Å². The molecule has 2 rings (SSSR count). The topological polar surface area (TPSA) is 46.6 Å². The van der Waals surface area contributed by atoms with Crippen LogP contribution in [0, 0.1) is 0 Å². The number of rotatable bonds is 2. The lowest BCUT2D eigenvalue weighted by Gasteiger charge is -2.18. The lowest BCUT2D eigenvalue weighted by atomic mass is 10.2. The second kappa shape index (κ2) is 3.88. The number of nitrogens with zero attached hydrogens (tertiary/aromatic N) is 1. The average Bonchev–Trinajstić information content (AvgIpc) is 2.60. The molecule has 0 spiro atoms. The first-order valence-corrected chi connectivity index (χ1v) is 6.08. The van der Waals surface area contributed by atoms with E-state index < -0.39 is 15.6 Å². The number of hydroxylamine groups is 1. The number of hydrogen-bond acceptors (Lipinski definition) is 4. The van der Waals surface area contributed by atoms with Crippen molar-refractivity contribution in [3.63, 3.8) is 0 Å². The first-order valence-electron chi connectivity index (χ1n) is 4.67. The monoisotopic (exact) mass is 267 g/mol. The van der Waals surface area contributed by atoms with E-state index in [1.807, 2.05) is 0 Å². The van der Waals surface area contributed by atoms with Crippen molar-refractivity contribution in [3.05, 3.63) is 29.8 Å². The minimum absolute atomic E-state index is 0.0780. The summed E-state index contributed by atoms with van der Waals surface area (Å²) in [5, 5.41) is 0.748. The molecule has 0 aliphatic carbocycles. The molecule has 1 aromatic carbocycles. The number of fused-ring (bicyclic) bond motifs is 1. The maximum absolute atomic E-state index is 12.1. The lowest BCUT2D eigenvalue weighted by molar-refractivity contribution is -0.0549. The predicted octanol–water partition coefficient (Wildman–Crippen LogP) is 1.83. The van der Waals surface area contributed by atoms with Crippen LogP contribution in [-0.2, 0) is 20.8 Å². The van der Waals surface area contributed by atoms with Crippen LogP contribution in [0.25, 0.3) is 0 Å². The van der Waals surface area contributed by atoms with Gasteiger partial charge in [0.1, 0.15) is 0 Å². The molecular weight excluding hydrogens is 259 g/mol. The van der Waals surface area contributed by atoms with Gasteiger partial charge in [-0.2, -0.15) is 21.6 Å². The average molecular weight is 267 g/mol. The highest BCUT2D eigenvalue weighted by Gasteiger charge is 2.49. The molecule has 1 aliphatic rings. The van der Waals surface area contributed by atoms with Crippen LogP contribution in [-0.4, -0.2) is 20.5 Å². The molecule has 17 heavy (non-hydrogen) atoms. The van der Waals surface area contributed by atoms with Crippen molar-refractivity contribution >= 4 is 15.8 Å². The molecule has 8 heteroatoms. The van der Waals surface area contributed by atoms with E-state index in [1.165, 1.54) is 6.07 Å². The van der Waals surface area contributed by atoms with Crippen molar-refractivity contribution in [3.8, 4) is 0 Å². The summed E-state index contributed by atoms with van der Waals surface area (Å²) in [6.45, 7) is 0.0780. The van der Waals surface area contributed by atoms with Crippen molar-refractivity contribution in [2.75, 3.05) is 11.6 Å². The van der Waals surface area contributed by atoms with E-state index in [9.17, 15) is 21.6 Å². The maximum atomic E-state index is 12.1. The third-order valence-corrected chi connectivity index (χ3v) is 3.26. The highest BCUT2D eigenvalue weighted by molar-refractivity contribution is 7.87. The van der Waals surface area contributed by atoms with Crippen molar-refractivity contribution in [2.45, 2.75) is 11.9 Å². The quantitative estimate of drug-likeness (QED) is 0.767. The Morgan fingerprint density at radius 1 is 1.24 bits per heavy atom. The lowest BCUT2D eigenvalue weighted by Crippen LogP contribution is -2.33. The van der Waals surface area contributed by atoms with E-state index in [-0.39, 0.29) is 6.54 Å². The standard InChI is InChI=1S/C9H8F3NO3S/c10-9(11,12)17(14,15)16-13-6-5-7-3-1-2-4-8(7)13/h1-4H,5-6H2. The number of benzene rings is 1. The molecule has 4 nitrogen and oxygen atoms in total. The van der Waals surface area contributed by atoms with Gasteiger partial charge in [0.05, 0.1) is 12.2 Å². The van der Waals surface area contributed by atoms with Crippen LogP contribution < -0.4 is 5.06 Å². The van der Waals surface area contributed by atoms with Gasteiger partial charge in [-0.25, -0.2) is 5.06 Å². The van der Waals surface area contributed by atoms with Gasteiger partial charge in [-0.15, -0.1) is 4.28 Å². The van der Waals surface area contributed by atoms with Crippen LogP contribution in [0.15, 0.2) is 24.3 Å². The van der Waals surface area contributed by atoms with E-state index in [0.29, 0.717) is 12.1 Å². The summed E-state index contributed by atoms with van der Waals surface area (Å²) in [5.74, 6) is 0. The smallest absolute Gasteiger partial charge is 0.236 e. The summed E-state index contributed by atoms with van der Waals surface area (Å²) in [7, 11) is -5.60. The van der Waals surface area contributed by atoms with Gasteiger partial charge in [0.15, 0.2) is 0 Å². The Labute approximate surface area is 95.7 Å². The van der Waals surface area contributed by atoms with Crippen LogP contribution in [0.1, 0.15) is 5.56 Å². The summed E-state index contributed by atoms with van der Waals surface area (Å²) < 4.78 is 62.1. The van der Waals surface area contributed by atoms with E-state index in [0.717, 1.165) is 10.6 Å². The molecular formula is C9H8F3NO3S. The van der Waals surface area contributed by atoms with E-state index in [4.69, 9.17) is 0 Å². The molecule has 1 aliphatic heterocycles. The van der Waals surface area contributed by atoms with Crippen molar-refractivity contribution in [1.29, 1.82) is 0 Å². The number of para-hydroxylation sites is 1. The van der Waals surface area contributed by atoms with Crippen LogP contribution in [0.3, 0.4) is 0 Å². The molecule has 1 heterocycles. The molecule has 0 bridgehead atoms. The van der Waals surface area contributed by atoms with Crippen molar-refractivity contribution in [1.82, 2.24) is 0 Å². The highest BCUT2D eigenvalue weighted by Crippen LogP contribution is 2.32. The van der Waals surface area contributed by atoms with Crippen LogP contribution in [0.5, 0.6) is 0 Å². The van der Waals surface area contributed by atoms with Gasteiger partial charge >= 0.3 is 15.6 Å². The Balaban J connectivity index is 2.24. The fourth-order valence-electron chi connectivity index (χ4n) is 1.55. The Hall–Kier alpha value is -1.28. The third kappa shape index (κ3) is 2.22. The minimum atomic E-state index is -5.60. The Bertz CT molecular complexity index is 527. The Kier molecular flexibility index (Phi) is 2.78. The Morgan fingerprint density at radius 2 is 1.88 bits per heavy atom. The molecule has 0 saturated carbocycles. The zero-order valence-corrected chi connectivity index (χ0v) is 9.25. The molecule has 0 saturated heterocycles. The largest absolute Gasteiger partial charge is 0.525 e. The van der Waals surface area contributed by atoms with Crippen molar-refractivity contribution in [2.24, 2.45) is 0 Å². The molecule has 0 aromatic heterocycles. The van der Waals surface area contributed by atoms with Crippen LogP contribution in [0.2, 0.25) is 0 Å². The van der Waals surface area contributed by atoms with Crippen LogP contribution in [0.4, 0.5) is 18.9 Å². The summed E-state index contributed by atoms with van der Waals surface area (Å²) >= 11 is 0. The van der Waals surface area contributed by atoms with Gasteiger partial charge in [-0.05, 0) is 18.1 Å². The molecule has 0 N–H and O–H groups in total. The van der Waals surface area contributed by atoms with E-state index in [1.54, 1.807) is 18.2 Å². The van der Waals surface area contributed by atoms with Gasteiger partial charge in [-0.3, -0.25) is 0 Å². The normalized spacial score (nSPS) is 16.1. The fourth-order valence-corrected chi connectivity index (χ4v) is 2.02. The molecule has 0 unspecified atom stereocenters. The predicted molar refractivity (Wildman–Crippen MR) is 53.6 cm³/mol. The second-order valence-corrected chi connectivity index (χ2v) is 4.98. The number of alkyl halides is 3. The number of halogens is 3. The first-order chi connectivity index (χ1) is 7.81. The number of hydrogen-bond donors (Lipinski definition) is 0. The van der Waals surface area contributed by atoms with Crippen LogP contribution >= 0.6 is 0 Å². The third-order valence-electron chi connectivity index (χ3n) is 2.32. The number of anilines is 1. The van der Waals surface area contributed by atoms with Crippen molar-refractivity contribution < 1.29 is 25.9 Å². The highest BCUT2D eigenvalue weighted by atomic mass is 32.2. The summed E-state index contributed by atoms with van der Waals surface area (Å²) in [6, 6.07) is 6.54. The molecule has 0 amide bonds.